The van der Waals surface area contributed by atoms with Crippen molar-refractivity contribution in [3.8, 4) is 17.1 Å². The van der Waals surface area contributed by atoms with Gasteiger partial charge >= 0.3 is 0 Å². The lowest BCUT2D eigenvalue weighted by Crippen LogP contribution is -2.38. The van der Waals surface area contributed by atoms with E-state index >= 15 is 0 Å². The summed E-state index contributed by atoms with van der Waals surface area (Å²) in [5.74, 6) is -1.14. The summed E-state index contributed by atoms with van der Waals surface area (Å²) in [7, 11) is 3.46. The maximum atomic E-state index is 14.1. The molecule has 168 valence electrons. The second-order valence-corrected chi connectivity index (χ2v) is 7.95. The summed E-state index contributed by atoms with van der Waals surface area (Å²) in [5, 5.41) is 8.13. The van der Waals surface area contributed by atoms with Gasteiger partial charge < -0.3 is 14.2 Å². The zero-order valence-electron chi connectivity index (χ0n) is 18.0. The van der Waals surface area contributed by atoms with Crippen LogP contribution in [-0.2, 0) is 13.6 Å². The van der Waals surface area contributed by atoms with Crippen molar-refractivity contribution in [1.82, 2.24) is 19.8 Å². The molecule has 0 saturated heterocycles. The summed E-state index contributed by atoms with van der Waals surface area (Å²) in [4.78, 5) is 15.0. The zero-order chi connectivity index (χ0) is 23.1. The van der Waals surface area contributed by atoms with Gasteiger partial charge in [-0.3, -0.25) is 9.48 Å². The van der Waals surface area contributed by atoms with Gasteiger partial charge in [-0.05, 0) is 41.0 Å². The number of fused-ring (bicyclic) bond motifs is 1. The number of benzene rings is 2. The highest BCUT2D eigenvalue weighted by Gasteiger charge is 2.32. The molecular weight excluding hydrogens is 430 g/mol. The van der Waals surface area contributed by atoms with E-state index in [0.717, 1.165) is 34.6 Å². The highest BCUT2D eigenvalue weighted by molar-refractivity contribution is 5.93. The molecule has 2 aromatic heterocycles. The minimum Gasteiger partial charge on any atom is -0.497 e. The predicted molar refractivity (Wildman–Crippen MR) is 115 cm³/mol. The Morgan fingerprint density at radius 2 is 2.03 bits per heavy atom. The van der Waals surface area contributed by atoms with Crippen LogP contribution < -0.4 is 4.74 Å². The van der Waals surface area contributed by atoms with Crippen LogP contribution in [0.15, 0.2) is 59.4 Å². The highest BCUT2D eigenvalue weighted by Crippen LogP contribution is 2.36. The molecule has 0 N–H and O–H groups in total. The molecular formula is C24H20F2N4O3. The van der Waals surface area contributed by atoms with Gasteiger partial charge in [0.15, 0.2) is 11.5 Å². The molecule has 1 amide bonds. The average Bonchev–Trinajstić information content (AvgIpc) is 3.47. The molecule has 1 atom stereocenters. The van der Waals surface area contributed by atoms with Crippen molar-refractivity contribution in [2.75, 3.05) is 13.7 Å². The Balaban J connectivity index is 1.47. The number of hydrogen-bond acceptors (Lipinski definition) is 5. The fraction of sp³-hybridized carbons (Fsp3) is 0.208. The van der Waals surface area contributed by atoms with Crippen LogP contribution in [0.4, 0.5) is 8.78 Å². The quantitative estimate of drug-likeness (QED) is 0.467. The van der Waals surface area contributed by atoms with Gasteiger partial charge in [-0.2, -0.15) is 5.10 Å². The number of amides is 1. The number of carbonyl (C=O) groups excluding carboxylic acids is 1. The molecule has 4 aromatic rings. The van der Waals surface area contributed by atoms with Gasteiger partial charge in [0.1, 0.15) is 17.4 Å². The second kappa shape index (κ2) is 8.16. The molecule has 0 saturated carbocycles. The summed E-state index contributed by atoms with van der Waals surface area (Å²) < 4.78 is 39.7. The van der Waals surface area contributed by atoms with Crippen molar-refractivity contribution in [1.29, 1.82) is 0 Å². The number of nitrogens with zero attached hydrogens (tertiary/aromatic N) is 4. The van der Waals surface area contributed by atoms with Gasteiger partial charge in [-0.15, -0.1) is 0 Å². The monoisotopic (exact) mass is 450 g/mol. The number of methoxy groups -OCH3 is 1. The van der Waals surface area contributed by atoms with E-state index < -0.39 is 11.6 Å². The topological polar surface area (TPSA) is 73.4 Å². The number of rotatable bonds is 4. The molecule has 0 fully saturated rings. The fourth-order valence-corrected chi connectivity index (χ4v) is 4.17. The van der Waals surface area contributed by atoms with E-state index in [2.05, 4.69) is 10.3 Å². The lowest BCUT2D eigenvalue weighted by atomic mass is 9.85. The van der Waals surface area contributed by atoms with Crippen LogP contribution in [-0.4, -0.2) is 39.4 Å². The van der Waals surface area contributed by atoms with Gasteiger partial charge in [0.25, 0.3) is 5.91 Å². The Labute approximate surface area is 188 Å². The van der Waals surface area contributed by atoms with Crippen molar-refractivity contribution < 1.29 is 22.8 Å². The largest absolute Gasteiger partial charge is 0.497 e. The van der Waals surface area contributed by atoms with E-state index in [0.29, 0.717) is 13.1 Å². The standard InChI is InChI=1S/C24H20F2N4O3/c1-29-11-15(10-27-29)20-13-30(12-14-3-5-17(32-2)8-19(14)20)24(31)22-9-23(33-28-22)18-6-4-16(25)7-21(18)26/h3-11,20H,12-13H2,1-2H3. The SMILES string of the molecule is COc1ccc2c(c1)C(c1cnn(C)c1)CN(C(=O)c1cc(-c3ccc(F)cc3F)on1)C2. The number of halogens is 2. The molecule has 0 radical (unpaired) electrons. The summed E-state index contributed by atoms with van der Waals surface area (Å²) in [5.41, 5.74) is 3.11. The van der Waals surface area contributed by atoms with Crippen molar-refractivity contribution >= 4 is 5.91 Å². The van der Waals surface area contributed by atoms with Crippen molar-refractivity contribution in [3.63, 3.8) is 0 Å². The molecule has 2 aromatic carbocycles. The first kappa shape index (κ1) is 20.9. The highest BCUT2D eigenvalue weighted by atomic mass is 19.1. The summed E-state index contributed by atoms with van der Waals surface area (Å²) in [6, 6.07) is 10.3. The van der Waals surface area contributed by atoms with E-state index in [4.69, 9.17) is 9.26 Å². The average molecular weight is 450 g/mol. The number of aromatic nitrogens is 3. The molecule has 1 aliphatic heterocycles. The number of hydrogen-bond donors (Lipinski definition) is 0. The minimum absolute atomic E-state index is 0.0345. The normalized spacial score (nSPS) is 15.4. The summed E-state index contributed by atoms with van der Waals surface area (Å²) in [6.45, 7) is 0.778. The molecule has 0 bridgehead atoms. The molecule has 3 heterocycles. The van der Waals surface area contributed by atoms with Crippen molar-refractivity contribution in [2.24, 2.45) is 7.05 Å². The van der Waals surface area contributed by atoms with E-state index in [1.165, 1.54) is 12.1 Å². The van der Waals surface area contributed by atoms with Crippen LogP contribution in [0, 0.1) is 11.6 Å². The summed E-state index contributed by atoms with van der Waals surface area (Å²) in [6.07, 6.45) is 3.71. The smallest absolute Gasteiger partial charge is 0.276 e. The van der Waals surface area contributed by atoms with Gasteiger partial charge in [-0.25, -0.2) is 8.78 Å². The molecule has 7 nitrogen and oxygen atoms in total. The van der Waals surface area contributed by atoms with Crippen molar-refractivity contribution in [3.05, 3.63) is 88.9 Å². The third kappa shape index (κ3) is 3.86. The van der Waals surface area contributed by atoms with Crippen molar-refractivity contribution in [2.45, 2.75) is 12.5 Å². The molecule has 0 spiro atoms. The molecule has 5 rings (SSSR count). The van der Waals surface area contributed by atoms with Gasteiger partial charge in [0.05, 0.1) is 18.9 Å². The maximum Gasteiger partial charge on any atom is 0.276 e. The Morgan fingerprint density at radius 1 is 1.18 bits per heavy atom. The van der Waals surface area contributed by atoms with Gasteiger partial charge in [-0.1, -0.05) is 11.2 Å². The number of carbonyl (C=O) groups is 1. The first-order valence-corrected chi connectivity index (χ1v) is 10.3. The fourth-order valence-electron chi connectivity index (χ4n) is 4.17. The molecule has 33 heavy (non-hydrogen) atoms. The van der Waals surface area contributed by atoms with Crippen LogP contribution in [0.5, 0.6) is 5.75 Å². The van der Waals surface area contributed by atoms with E-state index in [1.807, 2.05) is 31.4 Å². The summed E-state index contributed by atoms with van der Waals surface area (Å²) >= 11 is 0. The minimum atomic E-state index is -0.789. The maximum absolute atomic E-state index is 14.1. The molecule has 1 unspecified atom stereocenters. The molecule has 1 aliphatic rings. The Morgan fingerprint density at radius 3 is 2.76 bits per heavy atom. The Bertz CT molecular complexity index is 1350. The van der Waals surface area contributed by atoms with Crippen LogP contribution in [0.3, 0.4) is 0 Å². The lowest BCUT2D eigenvalue weighted by molar-refractivity contribution is 0.0714. The lowest BCUT2D eigenvalue weighted by Gasteiger charge is -2.34. The molecule has 0 aliphatic carbocycles. The van der Waals surface area contributed by atoms with Gasteiger partial charge in [0.2, 0.25) is 0 Å². The predicted octanol–water partition coefficient (Wildman–Crippen LogP) is 4.15. The van der Waals surface area contributed by atoms with E-state index in [-0.39, 0.29) is 28.8 Å². The van der Waals surface area contributed by atoms with Crippen LogP contribution in [0.1, 0.15) is 33.1 Å². The third-order valence-electron chi connectivity index (χ3n) is 5.83. The van der Waals surface area contributed by atoms with Crippen LogP contribution in [0.2, 0.25) is 0 Å². The van der Waals surface area contributed by atoms with E-state index in [9.17, 15) is 13.6 Å². The zero-order valence-corrected chi connectivity index (χ0v) is 18.0. The first-order chi connectivity index (χ1) is 15.9. The number of ether oxygens (including phenoxy) is 1. The van der Waals surface area contributed by atoms with Crippen LogP contribution in [0.25, 0.3) is 11.3 Å². The third-order valence-corrected chi connectivity index (χ3v) is 5.83. The second-order valence-electron chi connectivity index (χ2n) is 7.95. The van der Waals surface area contributed by atoms with Gasteiger partial charge in [0, 0.05) is 44.4 Å². The van der Waals surface area contributed by atoms with Crippen LogP contribution >= 0.6 is 0 Å². The van der Waals surface area contributed by atoms with E-state index in [1.54, 1.807) is 22.9 Å². The Kier molecular flexibility index (Phi) is 5.16. The Hall–Kier alpha value is -4.01. The first-order valence-electron chi connectivity index (χ1n) is 10.3. The number of aryl methyl sites for hydroxylation is 1. The molecule has 9 heteroatoms.